The highest BCUT2D eigenvalue weighted by Crippen LogP contribution is 2.32. The molecule has 0 fully saturated rings. The molecule has 4 aromatic rings. The first kappa shape index (κ1) is 20.7. The topological polar surface area (TPSA) is 80.6 Å². The molecule has 0 bridgehead atoms. The zero-order valence-electron chi connectivity index (χ0n) is 16.6. The Labute approximate surface area is 187 Å². The summed E-state index contributed by atoms with van der Waals surface area (Å²) in [5, 5.41) is 6.28. The molecule has 3 aromatic carbocycles. The highest BCUT2D eigenvalue weighted by Gasteiger charge is 2.23. The Bertz CT molecular complexity index is 1230. The van der Waals surface area contributed by atoms with E-state index >= 15 is 0 Å². The molecule has 31 heavy (non-hydrogen) atoms. The van der Waals surface area contributed by atoms with Crippen molar-refractivity contribution in [1.82, 2.24) is 0 Å². The first-order valence-electron chi connectivity index (χ1n) is 9.68. The van der Waals surface area contributed by atoms with Crippen LogP contribution in [-0.2, 0) is 0 Å². The molecule has 4 rings (SSSR count). The van der Waals surface area contributed by atoms with E-state index in [4.69, 9.17) is 9.15 Å². The number of ether oxygens (including phenoxy) is 1. The van der Waals surface area contributed by atoms with Gasteiger partial charge in [-0.3, -0.25) is 9.59 Å². The van der Waals surface area contributed by atoms with Gasteiger partial charge in [0.2, 0.25) is 5.76 Å². The fraction of sp³-hybridized carbons (Fsp3) is 0.0833. The number of amides is 2. The standard InChI is InChI=1S/C24H19BrN2O4/c1-2-30-18-13-11-17(12-14-18)26-24(29)22-21(19-5-3-4-6-20(19)31-22)27-23(28)15-7-9-16(25)10-8-15/h3-14H,2H2,1H3,(H,26,29)(H,27,28). The summed E-state index contributed by atoms with van der Waals surface area (Å²) in [6, 6.07) is 21.1. The summed E-state index contributed by atoms with van der Waals surface area (Å²) >= 11 is 3.36. The molecule has 7 heteroatoms. The van der Waals surface area contributed by atoms with Crippen LogP contribution < -0.4 is 15.4 Å². The largest absolute Gasteiger partial charge is 0.494 e. The van der Waals surface area contributed by atoms with E-state index in [0.29, 0.717) is 40.3 Å². The molecule has 6 nitrogen and oxygen atoms in total. The SMILES string of the molecule is CCOc1ccc(NC(=O)c2oc3ccccc3c2NC(=O)c2ccc(Br)cc2)cc1. The molecule has 1 aromatic heterocycles. The van der Waals surface area contributed by atoms with Gasteiger partial charge in [0.25, 0.3) is 11.8 Å². The van der Waals surface area contributed by atoms with Crippen molar-refractivity contribution in [3.05, 3.63) is 88.6 Å². The average molecular weight is 479 g/mol. The summed E-state index contributed by atoms with van der Waals surface area (Å²) in [6.45, 7) is 2.47. The van der Waals surface area contributed by atoms with E-state index < -0.39 is 5.91 Å². The molecule has 0 saturated heterocycles. The number of hydrogen-bond acceptors (Lipinski definition) is 4. The number of fused-ring (bicyclic) bond motifs is 1. The van der Waals surface area contributed by atoms with E-state index in [-0.39, 0.29) is 11.7 Å². The van der Waals surface area contributed by atoms with Gasteiger partial charge >= 0.3 is 0 Å². The number of anilines is 2. The lowest BCUT2D eigenvalue weighted by molar-refractivity contribution is 0.0999. The number of carbonyl (C=O) groups is 2. The van der Waals surface area contributed by atoms with Crippen molar-refractivity contribution >= 4 is 50.1 Å². The molecule has 0 aliphatic carbocycles. The van der Waals surface area contributed by atoms with Gasteiger partial charge in [0.1, 0.15) is 17.0 Å². The molecule has 156 valence electrons. The lowest BCUT2D eigenvalue weighted by Gasteiger charge is -2.08. The molecule has 0 unspecified atom stereocenters. The quantitative estimate of drug-likeness (QED) is 0.350. The number of nitrogens with one attached hydrogen (secondary N) is 2. The maximum absolute atomic E-state index is 13.0. The Hall–Kier alpha value is -3.58. The highest BCUT2D eigenvalue weighted by molar-refractivity contribution is 9.10. The van der Waals surface area contributed by atoms with Crippen LogP contribution in [0.25, 0.3) is 11.0 Å². The average Bonchev–Trinajstić information content (AvgIpc) is 3.14. The number of benzene rings is 3. The summed E-state index contributed by atoms with van der Waals surface area (Å²) in [5.41, 5.74) is 1.88. The van der Waals surface area contributed by atoms with E-state index in [1.165, 1.54) is 0 Å². The number of rotatable bonds is 6. The van der Waals surface area contributed by atoms with Crippen molar-refractivity contribution < 1.29 is 18.7 Å². The van der Waals surface area contributed by atoms with Crippen molar-refractivity contribution in [2.45, 2.75) is 6.92 Å². The lowest BCUT2D eigenvalue weighted by Crippen LogP contribution is -2.17. The molecule has 2 amide bonds. The molecule has 0 radical (unpaired) electrons. The number of carbonyl (C=O) groups excluding carboxylic acids is 2. The predicted molar refractivity (Wildman–Crippen MR) is 124 cm³/mol. The molecule has 0 aliphatic rings. The van der Waals surface area contributed by atoms with Crippen LogP contribution in [0.3, 0.4) is 0 Å². The van der Waals surface area contributed by atoms with Crippen molar-refractivity contribution in [1.29, 1.82) is 0 Å². The van der Waals surface area contributed by atoms with E-state index in [9.17, 15) is 9.59 Å². The summed E-state index contributed by atoms with van der Waals surface area (Å²) in [6.07, 6.45) is 0. The zero-order valence-corrected chi connectivity index (χ0v) is 18.2. The zero-order chi connectivity index (χ0) is 21.8. The van der Waals surface area contributed by atoms with Crippen molar-refractivity contribution in [3.63, 3.8) is 0 Å². The minimum atomic E-state index is -0.466. The second-order valence-corrected chi connectivity index (χ2v) is 7.59. The second-order valence-electron chi connectivity index (χ2n) is 6.67. The maximum atomic E-state index is 13.0. The van der Waals surface area contributed by atoms with Gasteiger partial charge in [-0.05, 0) is 67.6 Å². The van der Waals surface area contributed by atoms with Crippen molar-refractivity contribution in [3.8, 4) is 5.75 Å². The molecule has 0 saturated carbocycles. The number of halogens is 1. The van der Waals surface area contributed by atoms with E-state index in [2.05, 4.69) is 26.6 Å². The van der Waals surface area contributed by atoms with E-state index in [1.807, 2.05) is 13.0 Å². The summed E-state index contributed by atoms with van der Waals surface area (Å²) in [5.74, 6) is -0.0622. The van der Waals surface area contributed by atoms with Crippen LogP contribution in [0, 0.1) is 0 Å². The van der Waals surface area contributed by atoms with Gasteiger partial charge in [0.05, 0.1) is 6.61 Å². The predicted octanol–water partition coefficient (Wildman–Crippen LogP) is 6.10. The highest BCUT2D eigenvalue weighted by atomic mass is 79.9. The first-order chi connectivity index (χ1) is 15.0. The van der Waals surface area contributed by atoms with Crippen LogP contribution in [0.4, 0.5) is 11.4 Å². The van der Waals surface area contributed by atoms with Gasteiger partial charge in [-0.2, -0.15) is 0 Å². The molecule has 0 spiro atoms. The van der Waals surface area contributed by atoms with Crippen LogP contribution >= 0.6 is 15.9 Å². The number of para-hydroxylation sites is 1. The Morgan fingerprint density at radius 2 is 1.61 bits per heavy atom. The first-order valence-corrected chi connectivity index (χ1v) is 10.5. The second kappa shape index (κ2) is 9.06. The van der Waals surface area contributed by atoms with Crippen LogP contribution in [0.15, 0.2) is 81.7 Å². The van der Waals surface area contributed by atoms with E-state index in [0.717, 1.165) is 4.47 Å². The number of furan rings is 1. The third-order valence-electron chi connectivity index (χ3n) is 4.57. The maximum Gasteiger partial charge on any atom is 0.293 e. The fourth-order valence-electron chi connectivity index (χ4n) is 3.11. The minimum absolute atomic E-state index is 0.0283. The van der Waals surface area contributed by atoms with Crippen LogP contribution in [0.2, 0.25) is 0 Å². The Balaban J connectivity index is 1.63. The van der Waals surface area contributed by atoms with Gasteiger partial charge in [-0.15, -0.1) is 0 Å². The molecular formula is C24H19BrN2O4. The third-order valence-corrected chi connectivity index (χ3v) is 5.10. The van der Waals surface area contributed by atoms with Crippen molar-refractivity contribution in [2.24, 2.45) is 0 Å². The van der Waals surface area contributed by atoms with E-state index in [1.54, 1.807) is 66.7 Å². The molecular weight excluding hydrogens is 460 g/mol. The molecule has 1 heterocycles. The molecule has 2 N–H and O–H groups in total. The van der Waals surface area contributed by atoms with Gasteiger partial charge in [-0.1, -0.05) is 28.1 Å². The third kappa shape index (κ3) is 4.62. The fourth-order valence-corrected chi connectivity index (χ4v) is 3.37. The molecule has 0 aliphatic heterocycles. The summed E-state index contributed by atoms with van der Waals surface area (Å²) < 4.78 is 12.1. The summed E-state index contributed by atoms with van der Waals surface area (Å²) in [7, 11) is 0. The Morgan fingerprint density at radius 3 is 2.32 bits per heavy atom. The van der Waals surface area contributed by atoms with Gasteiger partial charge in [0.15, 0.2) is 0 Å². The van der Waals surface area contributed by atoms with Gasteiger partial charge in [-0.25, -0.2) is 0 Å². The van der Waals surface area contributed by atoms with Crippen molar-refractivity contribution in [2.75, 3.05) is 17.2 Å². The normalized spacial score (nSPS) is 10.6. The Morgan fingerprint density at radius 1 is 0.903 bits per heavy atom. The van der Waals surface area contributed by atoms with Crippen LogP contribution in [0.5, 0.6) is 5.75 Å². The smallest absolute Gasteiger partial charge is 0.293 e. The molecule has 0 atom stereocenters. The lowest BCUT2D eigenvalue weighted by atomic mass is 10.1. The summed E-state index contributed by atoms with van der Waals surface area (Å²) in [4.78, 5) is 25.8. The van der Waals surface area contributed by atoms with Crippen LogP contribution in [0.1, 0.15) is 27.8 Å². The number of hydrogen-bond donors (Lipinski definition) is 2. The van der Waals surface area contributed by atoms with Gasteiger partial charge < -0.3 is 19.8 Å². The minimum Gasteiger partial charge on any atom is -0.494 e. The Kier molecular flexibility index (Phi) is 6.04. The van der Waals surface area contributed by atoms with Gasteiger partial charge in [0, 0.05) is 21.1 Å². The monoisotopic (exact) mass is 478 g/mol. The van der Waals surface area contributed by atoms with Crippen LogP contribution in [-0.4, -0.2) is 18.4 Å².